The van der Waals surface area contributed by atoms with E-state index in [9.17, 15) is 0 Å². The molecule has 0 unspecified atom stereocenters. The zero-order valence-electron chi connectivity index (χ0n) is 11.0. The van der Waals surface area contributed by atoms with Gasteiger partial charge < -0.3 is 0 Å². The van der Waals surface area contributed by atoms with Crippen molar-refractivity contribution < 1.29 is 0 Å². The maximum atomic E-state index is 3.62. The first-order valence-corrected chi connectivity index (χ1v) is 8.89. The molecule has 0 aliphatic rings. The summed E-state index contributed by atoms with van der Waals surface area (Å²) >= 11 is 7.35. The fourth-order valence-electron chi connectivity index (χ4n) is 2.24. The van der Waals surface area contributed by atoms with Gasteiger partial charge >= 0.3 is 0 Å². The Hall–Kier alpha value is -0.640. The minimum Gasteiger partial charge on any atom is -0.134 e. The number of benzene rings is 1. The van der Waals surface area contributed by atoms with E-state index >= 15 is 0 Å². The van der Waals surface area contributed by atoms with E-state index < -0.39 is 0 Å². The van der Waals surface area contributed by atoms with Crippen LogP contribution in [0.25, 0.3) is 19.8 Å². The Labute approximate surface area is 130 Å². The lowest BCUT2D eigenvalue weighted by Crippen LogP contribution is -1.81. The van der Waals surface area contributed by atoms with Crippen molar-refractivity contribution in [1.29, 1.82) is 0 Å². The van der Waals surface area contributed by atoms with Gasteiger partial charge in [0.25, 0.3) is 0 Å². The molecular weight excluding hydrogens is 336 g/mol. The van der Waals surface area contributed by atoms with Crippen LogP contribution in [0.2, 0.25) is 0 Å². The van der Waals surface area contributed by atoms with Gasteiger partial charge in [-0.2, -0.15) is 0 Å². The second kappa shape index (κ2) is 5.39. The predicted molar refractivity (Wildman–Crippen MR) is 91.6 cm³/mol. The molecular formula is C16H15BrS2. The molecule has 2 aromatic heterocycles. The summed E-state index contributed by atoms with van der Waals surface area (Å²) in [7, 11) is 0. The number of rotatable bonds is 3. The van der Waals surface area contributed by atoms with E-state index in [1.165, 1.54) is 47.6 Å². The average molecular weight is 351 g/mol. The monoisotopic (exact) mass is 350 g/mol. The molecule has 3 rings (SSSR count). The first-order valence-electron chi connectivity index (χ1n) is 6.46. The van der Waals surface area contributed by atoms with Gasteiger partial charge in [-0.1, -0.05) is 37.6 Å². The predicted octanol–water partition coefficient (Wildman–Crippen LogP) is 6.65. The van der Waals surface area contributed by atoms with Gasteiger partial charge in [0.05, 0.1) is 3.79 Å². The summed E-state index contributed by atoms with van der Waals surface area (Å²) in [6.45, 7) is 4.41. The summed E-state index contributed by atoms with van der Waals surface area (Å²) in [6, 6.07) is 11.3. The number of halogens is 1. The molecule has 0 atom stereocenters. The lowest BCUT2D eigenvalue weighted by Gasteiger charge is -2.01. The van der Waals surface area contributed by atoms with E-state index in [0.717, 1.165) is 0 Å². The minimum atomic E-state index is 1.17. The van der Waals surface area contributed by atoms with Gasteiger partial charge in [-0.15, -0.1) is 22.7 Å². The van der Waals surface area contributed by atoms with E-state index in [0.29, 0.717) is 0 Å². The highest BCUT2D eigenvalue weighted by Gasteiger charge is 2.11. The molecule has 0 saturated heterocycles. The Morgan fingerprint density at radius 3 is 2.47 bits per heavy atom. The Bertz CT molecular complexity index is 704. The van der Waals surface area contributed by atoms with Crippen LogP contribution in [-0.2, 0) is 6.42 Å². The van der Waals surface area contributed by atoms with Crippen LogP contribution in [0.1, 0.15) is 24.5 Å². The maximum Gasteiger partial charge on any atom is 0.0748 e. The summed E-state index contributed by atoms with van der Waals surface area (Å²) in [4.78, 5) is 1.37. The standard InChI is InChI=1S/C16H15BrS2/c1-3-4-11-5-7-12(8-6-11)13-9-14-15(18-13)10(2)16(17)19-14/h5-9H,3-4H2,1-2H3. The van der Waals surface area contributed by atoms with Gasteiger partial charge in [-0.25, -0.2) is 0 Å². The molecule has 0 amide bonds. The second-order valence-corrected chi connectivity index (χ2v) is 8.17. The van der Waals surface area contributed by atoms with Crippen molar-refractivity contribution in [3.05, 3.63) is 45.2 Å². The largest absolute Gasteiger partial charge is 0.134 e. The number of hydrogen-bond donors (Lipinski definition) is 0. The molecule has 0 aliphatic heterocycles. The van der Waals surface area contributed by atoms with Crippen molar-refractivity contribution in [1.82, 2.24) is 0 Å². The Morgan fingerprint density at radius 1 is 1.11 bits per heavy atom. The van der Waals surface area contributed by atoms with Crippen LogP contribution in [-0.4, -0.2) is 0 Å². The molecule has 2 heterocycles. The molecule has 0 spiro atoms. The number of fused-ring (bicyclic) bond motifs is 1. The van der Waals surface area contributed by atoms with Crippen LogP contribution >= 0.6 is 38.6 Å². The fraction of sp³-hybridized carbons (Fsp3) is 0.250. The summed E-state index contributed by atoms with van der Waals surface area (Å²) in [5.41, 5.74) is 4.14. The van der Waals surface area contributed by atoms with Crippen molar-refractivity contribution in [2.75, 3.05) is 0 Å². The Kier molecular flexibility index (Phi) is 3.79. The van der Waals surface area contributed by atoms with Crippen molar-refractivity contribution in [3.63, 3.8) is 0 Å². The summed E-state index contributed by atoms with van der Waals surface area (Å²) in [5.74, 6) is 0. The average Bonchev–Trinajstić information content (AvgIpc) is 2.92. The molecule has 0 saturated carbocycles. The van der Waals surface area contributed by atoms with Crippen LogP contribution < -0.4 is 0 Å². The van der Waals surface area contributed by atoms with Gasteiger partial charge in [0.2, 0.25) is 0 Å². The molecule has 0 N–H and O–H groups in total. The zero-order chi connectivity index (χ0) is 13.4. The highest BCUT2D eigenvalue weighted by molar-refractivity contribution is 9.11. The van der Waals surface area contributed by atoms with Crippen LogP contribution in [0, 0.1) is 6.92 Å². The van der Waals surface area contributed by atoms with Crippen molar-refractivity contribution in [3.8, 4) is 10.4 Å². The van der Waals surface area contributed by atoms with Crippen LogP contribution in [0.5, 0.6) is 0 Å². The number of hydrogen-bond acceptors (Lipinski definition) is 2. The summed E-state index contributed by atoms with van der Waals surface area (Å²) in [6.07, 6.45) is 2.38. The topological polar surface area (TPSA) is 0 Å². The molecule has 0 nitrogen and oxygen atoms in total. The first kappa shape index (κ1) is 13.3. The lowest BCUT2D eigenvalue weighted by molar-refractivity contribution is 0.922. The van der Waals surface area contributed by atoms with Gasteiger partial charge in [-0.3, -0.25) is 0 Å². The lowest BCUT2D eigenvalue weighted by atomic mass is 10.1. The Balaban J connectivity index is 1.99. The first-order chi connectivity index (χ1) is 9.19. The van der Waals surface area contributed by atoms with Crippen LogP contribution in [0.15, 0.2) is 34.1 Å². The molecule has 19 heavy (non-hydrogen) atoms. The van der Waals surface area contributed by atoms with Crippen molar-refractivity contribution >= 4 is 48.0 Å². The van der Waals surface area contributed by atoms with Crippen molar-refractivity contribution in [2.45, 2.75) is 26.7 Å². The third kappa shape index (κ3) is 2.51. The normalized spacial score (nSPS) is 11.3. The summed E-state index contributed by atoms with van der Waals surface area (Å²) < 4.78 is 4.07. The van der Waals surface area contributed by atoms with Crippen molar-refractivity contribution in [2.24, 2.45) is 0 Å². The molecule has 0 aliphatic carbocycles. The second-order valence-electron chi connectivity index (χ2n) is 4.75. The number of thiophene rings is 2. The summed E-state index contributed by atoms with van der Waals surface area (Å²) in [5, 5.41) is 0. The van der Waals surface area contributed by atoms with E-state index in [1.54, 1.807) is 0 Å². The fourth-order valence-corrected chi connectivity index (χ4v) is 5.42. The van der Waals surface area contributed by atoms with Crippen LogP contribution in [0.3, 0.4) is 0 Å². The Morgan fingerprint density at radius 2 is 1.84 bits per heavy atom. The van der Waals surface area contributed by atoms with Gasteiger partial charge in [-0.05, 0) is 52.0 Å². The maximum absolute atomic E-state index is 3.62. The quantitative estimate of drug-likeness (QED) is 0.495. The van der Waals surface area contributed by atoms with E-state index in [4.69, 9.17) is 0 Å². The molecule has 1 aromatic carbocycles. The van der Waals surface area contributed by atoms with Crippen LogP contribution in [0.4, 0.5) is 0 Å². The number of aryl methyl sites for hydroxylation is 2. The smallest absolute Gasteiger partial charge is 0.0748 e. The SMILES string of the molecule is CCCc1ccc(-c2cc3sc(Br)c(C)c3s2)cc1. The molecule has 3 aromatic rings. The third-order valence-corrected chi connectivity index (χ3v) is 6.85. The molecule has 98 valence electrons. The highest BCUT2D eigenvalue weighted by atomic mass is 79.9. The highest BCUT2D eigenvalue weighted by Crippen LogP contribution is 2.43. The molecule has 0 fully saturated rings. The third-order valence-electron chi connectivity index (χ3n) is 3.31. The van der Waals surface area contributed by atoms with E-state index in [-0.39, 0.29) is 0 Å². The van der Waals surface area contributed by atoms with Gasteiger partial charge in [0.15, 0.2) is 0 Å². The molecule has 3 heteroatoms. The van der Waals surface area contributed by atoms with E-state index in [1.807, 2.05) is 22.7 Å². The minimum absolute atomic E-state index is 1.17. The van der Waals surface area contributed by atoms with E-state index in [2.05, 4.69) is 60.1 Å². The molecule has 0 radical (unpaired) electrons. The van der Waals surface area contributed by atoms with Gasteiger partial charge in [0, 0.05) is 14.3 Å². The molecule has 0 bridgehead atoms. The zero-order valence-corrected chi connectivity index (χ0v) is 14.2. The van der Waals surface area contributed by atoms with Gasteiger partial charge in [0.1, 0.15) is 0 Å².